The first kappa shape index (κ1) is 15.1. The molecule has 2 atom stereocenters. The van der Waals surface area contributed by atoms with Gasteiger partial charge in [-0.25, -0.2) is 13.1 Å². The molecule has 0 saturated heterocycles. The molecule has 1 aromatic carbocycles. The lowest BCUT2D eigenvalue weighted by molar-refractivity contribution is 0.361. The summed E-state index contributed by atoms with van der Waals surface area (Å²) in [5, 5.41) is 0.485. The highest BCUT2D eigenvalue weighted by Crippen LogP contribution is 2.26. The van der Waals surface area contributed by atoms with Crippen LogP contribution in [0.15, 0.2) is 23.1 Å². The zero-order valence-electron chi connectivity index (χ0n) is 10.3. The lowest BCUT2D eigenvalue weighted by Crippen LogP contribution is -2.49. The Bertz CT molecular complexity index is 563. The van der Waals surface area contributed by atoms with Crippen molar-refractivity contribution < 1.29 is 8.42 Å². The molecule has 3 N–H and O–H groups in total. The smallest absolute Gasteiger partial charge is 0.242 e. The predicted molar refractivity (Wildman–Crippen MR) is 77.0 cm³/mol. The first-order valence-corrected chi connectivity index (χ1v) is 8.37. The number of rotatable bonds is 3. The van der Waals surface area contributed by atoms with Gasteiger partial charge in [0.05, 0.1) is 5.02 Å². The molecule has 0 radical (unpaired) electrons. The number of benzene rings is 1. The summed E-state index contributed by atoms with van der Waals surface area (Å²) in [4.78, 5) is -0.000518. The van der Waals surface area contributed by atoms with Crippen molar-refractivity contribution in [3.8, 4) is 0 Å². The number of nitrogens with two attached hydrogens (primary N) is 1. The van der Waals surface area contributed by atoms with Gasteiger partial charge in [-0.3, -0.25) is 0 Å². The minimum atomic E-state index is -3.69. The molecular formula is C12H16Cl2N2O2S. The highest BCUT2D eigenvalue weighted by Gasteiger charge is 2.28. The van der Waals surface area contributed by atoms with Crippen molar-refractivity contribution in [2.45, 2.75) is 42.7 Å². The molecular weight excluding hydrogens is 307 g/mol. The second-order valence-electron chi connectivity index (χ2n) is 4.75. The summed E-state index contributed by atoms with van der Waals surface area (Å²) >= 11 is 11.7. The van der Waals surface area contributed by atoms with Crippen molar-refractivity contribution in [2.75, 3.05) is 0 Å². The third-order valence-corrected chi connectivity index (χ3v) is 5.52. The molecule has 0 amide bonds. The highest BCUT2D eigenvalue weighted by atomic mass is 35.5. The van der Waals surface area contributed by atoms with E-state index in [0.717, 1.165) is 25.7 Å². The Balaban J connectivity index is 2.24. The van der Waals surface area contributed by atoms with Crippen molar-refractivity contribution >= 4 is 33.2 Å². The summed E-state index contributed by atoms with van der Waals surface area (Å²) in [6, 6.07) is 3.98. The molecule has 1 aromatic rings. The fourth-order valence-electron chi connectivity index (χ4n) is 2.25. The molecule has 0 spiro atoms. The first-order chi connectivity index (χ1) is 8.90. The molecule has 2 rings (SSSR count). The highest BCUT2D eigenvalue weighted by molar-refractivity contribution is 7.89. The average molecular weight is 323 g/mol. The Labute approximate surface area is 123 Å². The third-order valence-electron chi connectivity index (χ3n) is 3.31. The molecule has 7 heteroatoms. The quantitative estimate of drug-likeness (QED) is 0.898. The summed E-state index contributed by atoms with van der Waals surface area (Å²) < 4.78 is 27.3. The monoisotopic (exact) mass is 322 g/mol. The maximum Gasteiger partial charge on any atom is 0.242 e. The standard InChI is InChI=1S/C12H16Cl2N2O2S/c13-8-5-6-9(14)12(7-8)19(17,18)16-11-4-2-1-3-10(11)15/h5-7,10-11,16H,1-4,15H2. The Morgan fingerprint density at radius 2 is 1.89 bits per heavy atom. The summed E-state index contributed by atoms with van der Waals surface area (Å²) in [5.41, 5.74) is 5.95. The lowest BCUT2D eigenvalue weighted by atomic mass is 9.92. The van der Waals surface area contributed by atoms with Gasteiger partial charge in [0.2, 0.25) is 10.0 Å². The second kappa shape index (κ2) is 5.97. The fourth-order valence-corrected chi connectivity index (χ4v) is 4.34. The fraction of sp³-hybridized carbons (Fsp3) is 0.500. The number of nitrogens with one attached hydrogen (secondary N) is 1. The number of halogens is 2. The van der Waals surface area contributed by atoms with Gasteiger partial charge in [-0.1, -0.05) is 36.0 Å². The van der Waals surface area contributed by atoms with E-state index >= 15 is 0 Å². The van der Waals surface area contributed by atoms with E-state index < -0.39 is 10.0 Å². The summed E-state index contributed by atoms with van der Waals surface area (Å²) in [6.07, 6.45) is 3.59. The van der Waals surface area contributed by atoms with E-state index in [9.17, 15) is 8.42 Å². The Hall–Kier alpha value is -0.330. The maximum atomic E-state index is 12.3. The van der Waals surface area contributed by atoms with Crippen LogP contribution in [-0.4, -0.2) is 20.5 Å². The van der Waals surface area contributed by atoms with E-state index in [2.05, 4.69) is 4.72 Å². The van der Waals surface area contributed by atoms with Gasteiger partial charge >= 0.3 is 0 Å². The van der Waals surface area contributed by atoms with Crippen molar-refractivity contribution in [3.63, 3.8) is 0 Å². The van der Waals surface area contributed by atoms with Gasteiger partial charge in [-0.2, -0.15) is 0 Å². The van der Waals surface area contributed by atoms with E-state index in [0.29, 0.717) is 5.02 Å². The molecule has 4 nitrogen and oxygen atoms in total. The van der Waals surface area contributed by atoms with Crippen molar-refractivity contribution in [1.82, 2.24) is 4.72 Å². The first-order valence-electron chi connectivity index (χ1n) is 6.13. The van der Waals surface area contributed by atoms with Crippen molar-refractivity contribution in [1.29, 1.82) is 0 Å². The largest absolute Gasteiger partial charge is 0.326 e. The molecule has 106 valence electrons. The molecule has 0 heterocycles. The molecule has 0 aliphatic heterocycles. The average Bonchev–Trinajstić information content (AvgIpc) is 2.35. The van der Waals surface area contributed by atoms with Crippen LogP contribution in [0.25, 0.3) is 0 Å². The summed E-state index contributed by atoms with van der Waals surface area (Å²) in [6.45, 7) is 0. The zero-order valence-corrected chi connectivity index (χ0v) is 12.6. The molecule has 1 saturated carbocycles. The van der Waals surface area contributed by atoms with Gasteiger partial charge in [-0.05, 0) is 31.0 Å². The molecule has 1 aliphatic rings. The molecule has 1 fully saturated rings. The van der Waals surface area contributed by atoms with Gasteiger partial charge < -0.3 is 5.73 Å². The van der Waals surface area contributed by atoms with E-state index in [1.807, 2.05) is 0 Å². The van der Waals surface area contributed by atoms with Crippen molar-refractivity contribution in [3.05, 3.63) is 28.2 Å². The van der Waals surface area contributed by atoms with E-state index in [-0.39, 0.29) is 22.0 Å². The maximum absolute atomic E-state index is 12.3. The molecule has 0 aromatic heterocycles. The van der Waals surface area contributed by atoms with Crippen LogP contribution in [0.4, 0.5) is 0 Å². The zero-order chi connectivity index (χ0) is 14.0. The molecule has 1 aliphatic carbocycles. The normalized spacial score (nSPS) is 24.4. The van der Waals surface area contributed by atoms with Crippen LogP contribution in [0.3, 0.4) is 0 Å². The van der Waals surface area contributed by atoms with E-state index in [1.54, 1.807) is 6.07 Å². The summed E-state index contributed by atoms with van der Waals surface area (Å²) in [7, 11) is -3.69. The van der Waals surface area contributed by atoms with Crippen LogP contribution in [-0.2, 0) is 10.0 Å². The predicted octanol–water partition coefficient (Wildman–Crippen LogP) is 2.54. The van der Waals surface area contributed by atoms with Crippen LogP contribution >= 0.6 is 23.2 Å². The minimum Gasteiger partial charge on any atom is -0.326 e. The SMILES string of the molecule is NC1CCCCC1NS(=O)(=O)c1cc(Cl)ccc1Cl. The van der Waals surface area contributed by atoms with Crippen LogP contribution in [0.5, 0.6) is 0 Å². The Kier molecular flexibility index (Phi) is 4.74. The minimum absolute atomic E-state index is 0.000518. The van der Waals surface area contributed by atoms with Gasteiger partial charge in [-0.15, -0.1) is 0 Å². The van der Waals surface area contributed by atoms with E-state index in [1.165, 1.54) is 12.1 Å². The topological polar surface area (TPSA) is 72.2 Å². The van der Waals surface area contributed by atoms with Gasteiger partial charge in [0.1, 0.15) is 4.90 Å². The lowest BCUT2D eigenvalue weighted by Gasteiger charge is -2.29. The molecule has 19 heavy (non-hydrogen) atoms. The summed E-state index contributed by atoms with van der Waals surface area (Å²) in [5.74, 6) is 0. The number of hydrogen-bond donors (Lipinski definition) is 2. The molecule has 0 bridgehead atoms. The third kappa shape index (κ3) is 3.61. The second-order valence-corrected chi connectivity index (χ2v) is 7.28. The van der Waals surface area contributed by atoms with Gasteiger partial charge in [0, 0.05) is 17.1 Å². The van der Waals surface area contributed by atoms with Crippen LogP contribution < -0.4 is 10.5 Å². The van der Waals surface area contributed by atoms with E-state index in [4.69, 9.17) is 28.9 Å². The Morgan fingerprint density at radius 3 is 2.58 bits per heavy atom. The van der Waals surface area contributed by atoms with Crippen LogP contribution in [0, 0.1) is 0 Å². The molecule has 2 unspecified atom stereocenters. The van der Waals surface area contributed by atoms with Crippen LogP contribution in [0.2, 0.25) is 10.0 Å². The van der Waals surface area contributed by atoms with Gasteiger partial charge in [0.15, 0.2) is 0 Å². The number of hydrogen-bond acceptors (Lipinski definition) is 3. The number of sulfonamides is 1. The van der Waals surface area contributed by atoms with Crippen LogP contribution in [0.1, 0.15) is 25.7 Å². The van der Waals surface area contributed by atoms with Gasteiger partial charge in [0.25, 0.3) is 0 Å². The van der Waals surface area contributed by atoms with Crippen molar-refractivity contribution in [2.24, 2.45) is 5.73 Å². The Morgan fingerprint density at radius 1 is 1.21 bits per heavy atom.